The summed E-state index contributed by atoms with van der Waals surface area (Å²) in [6.07, 6.45) is 8.56. The molecule has 34 heavy (non-hydrogen) atoms. The Labute approximate surface area is 199 Å². The van der Waals surface area contributed by atoms with Crippen molar-refractivity contribution in [1.29, 1.82) is 0 Å². The molecular formula is C27H29N5O2. The molecule has 0 spiro atoms. The lowest BCUT2D eigenvalue weighted by Gasteiger charge is -2.23. The number of benzene rings is 2. The van der Waals surface area contributed by atoms with Gasteiger partial charge in [0.15, 0.2) is 0 Å². The Bertz CT molecular complexity index is 1330. The van der Waals surface area contributed by atoms with Crippen molar-refractivity contribution in [3.05, 3.63) is 72.3 Å². The molecule has 2 heterocycles. The number of carbonyl (C=O) groups excluding carboxylic acids is 1. The molecule has 2 aromatic carbocycles. The van der Waals surface area contributed by atoms with E-state index in [4.69, 9.17) is 15.5 Å². The monoisotopic (exact) mass is 455 g/mol. The Kier molecular flexibility index (Phi) is 6.16. The number of aromatic nitrogens is 3. The lowest BCUT2D eigenvalue weighted by molar-refractivity contribution is -0.116. The zero-order valence-corrected chi connectivity index (χ0v) is 19.3. The van der Waals surface area contributed by atoms with E-state index in [1.807, 2.05) is 61.7 Å². The predicted molar refractivity (Wildman–Crippen MR) is 134 cm³/mol. The number of carbonyl (C=O) groups is 1. The van der Waals surface area contributed by atoms with Crippen LogP contribution < -0.4 is 15.8 Å². The van der Waals surface area contributed by atoms with Gasteiger partial charge in [0, 0.05) is 36.0 Å². The minimum Gasteiger partial charge on any atom is -0.489 e. The van der Waals surface area contributed by atoms with E-state index in [0.717, 1.165) is 58.9 Å². The Morgan fingerprint density at radius 3 is 2.85 bits per heavy atom. The molecule has 1 fully saturated rings. The number of nitrogens with two attached hydrogens (primary N) is 1. The van der Waals surface area contributed by atoms with Gasteiger partial charge in [-0.3, -0.25) is 9.20 Å². The number of rotatable bonds is 8. The molecule has 0 bridgehead atoms. The summed E-state index contributed by atoms with van der Waals surface area (Å²) in [7, 11) is 0. The van der Waals surface area contributed by atoms with E-state index in [1.54, 1.807) is 6.20 Å². The topological polar surface area (TPSA) is 94.5 Å². The third kappa shape index (κ3) is 4.46. The Morgan fingerprint density at radius 1 is 1.21 bits per heavy atom. The van der Waals surface area contributed by atoms with E-state index in [1.165, 1.54) is 6.42 Å². The molecule has 0 atom stereocenters. The van der Waals surface area contributed by atoms with Gasteiger partial charge in [0.1, 0.15) is 35.2 Å². The lowest BCUT2D eigenvalue weighted by Crippen LogP contribution is -2.12. The number of anilines is 2. The van der Waals surface area contributed by atoms with Gasteiger partial charge in [0.2, 0.25) is 5.91 Å². The highest BCUT2D eigenvalue weighted by atomic mass is 16.5. The standard InChI is InChI=1S/C27H29N5O2/c1-2-6-23(33)30-21-11-3-7-18(15-21)17-34-22-12-5-10-20(16-22)24-25-26(28)29-13-14-32(25)27(31-24)19-8-4-9-19/h3,5,7,10-16,19H,2,4,6,8-9,17H2,1H3,(H2,28,29)(H,30,33). The van der Waals surface area contributed by atoms with Crippen molar-refractivity contribution in [2.75, 3.05) is 11.1 Å². The van der Waals surface area contributed by atoms with Crippen molar-refractivity contribution in [3.63, 3.8) is 0 Å². The zero-order valence-electron chi connectivity index (χ0n) is 19.3. The molecule has 7 heteroatoms. The van der Waals surface area contributed by atoms with E-state index >= 15 is 0 Å². The van der Waals surface area contributed by atoms with E-state index < -0.39 is 0 Å². The third-order valence-corrected chi connectivity index (χ3v) is 6.28. The number of nitrogens with one attached hydrogen (secondary N) is 1. The Morgan fingerprint density at radius 2 is 2.06 bits per heavy atom. The molecule has 0 unspecified atom stereocenters. The van der Waals surface area contributed by atoms with Gasteiger partial charge in [-0.25, -0.2) is 9.97 Å². The Balaban J connectivity index is 1.37. The van der Waals surface area contributed by atoms with E-state index in [9.17, 15) is 4.79 Å². The summed E-state index contributed by atoms with van der Waals surface area (Å²) < 4.78 is 8.19. The molecular weight excluding hydrogens is 426 g/mol. The number of hydrogen-bond donors (Lipinski definition) is 2. The number of nitrogen functional groups attached to an aromatic ring is 1. The van der Waals surface area contributed by atoms with Gasteiger partial charge in [-0.1, -0.05) is 37.6 Å². The van der Waals surface area contributed by atoms with Crippen molar-refractivity contribution in [3.8, 4) is 17.0 Å². The number of ether oxygens (including phenoxy) is 1. The van der Waals surface area contributed by atoms with Crippen molar-refractivity contribution >= 4 is 22.9 Å². The first-order valence-electron chi connectivity index (χ1n) is 11.9. The van der Waals surface area contributed by atoms with E-state index in [0.29, 0.717) is 24.8 Å². The zero-order chi connectivity index (χ0) is 23.5. The summed E-state index contributed by atoms with van der Waals surface area (Å²) in [6, 6.07) is 15.7. The van der Waals surface area contributed by atoms with Crippen LogP contribution in [0.1, 0.15) is 56.3 Å². The van der Waals surface area contributed by atoms with Gasteiger partial charge >= 0.3 is 0 Å². The molecule has 2 aromatic heterocycles. The van der Waals surface area contributed by atoms with Crippen molar-refractivity contribution in [2.24, 2.45) is 0 Å². The SMILES string of the molecule is CCCC(=O)Nc1cccc(COc2cccc(-c3nc(C4CCC4)n4ccnc(N)c34)c2)c1. The molecule has 7 nitrogen and oxygen atoms in total. The van der Waals surface area contributed by atoms with Crippen LogP contribution in [0.25, 0.3) is 16.8 Å². The minimum atomic E-state index is 0.0237. The maximum absolute atomic E-state index is 11.9. The van der Waals surface area contributed by atoms with Crippen LogP contribution in [-0.2, 0) is 11.4 Å². The van der Waals surface area contributed by atoms with Crippen LogP contribution in [0.5, 0.6) is 5.75 Å². The average molecular weight is 456 g/mol. The first-order chi connectivity index (χ1) is 16.6. The molecule has 3 N–H and O–H groups in total. The molecule has 1 aliphatic carbocycles. The molecule has 0 aliphatic heterocycles. The fourth-order valence-corrected chi connectivity index (χ4v) is 4.33. The van der Waals surface area contributed by atoms with Crippen LogP contribution in [0.2, 0.25) is 0 Å². The van der Waals surface area contributed by atoms with Gasteiger partial charge in [0.25, 0.3) is 0 Å². The lowest BCUT2D eigenvalue weighted by atomic mass is 9.85. The molecule has 5 rings (SSSR count). The van der Waals surface area contributed by atoms with Gasteiger partial charge in [-0.2, -0.15) is 0 Å². The summed E-state index contributed by atoms with van der Waals surface area (Å²) in [5.41, 5.74) is 10.7. The predicted octanol–water partition coefficient (Wildman–Crippen LogP) is 5.56. The van der Waals surface area contributed by atoms with Gasteiger partial charge in [-0.15, -0.1) is 0 Å². The van der Waals surface area contributed by atoms with Crippen LogP contribution in [0.3, 0.4) is 0 Å². The van der Waals surface area contributed by atoms with Crippen molar-refractivity contribution < 1.29 is 9.53 Å². The highest BCUT2D eigenvalue weighted by molar-refractivity contribution is 5.90. The smallest absolute Gasteiger partial charge is 0.224 e. The van der Waals surface area contributed by atoms with Gasteiger partial charge in [0.05, 0.1) is 0 Å². The molecule has 0 radical (unpaired) electrons. The second kappa shape index (κ2) is 9.55. The fraction of sp³-hybridized carbons (Fsp3) is 0.296. The number of amides is 1. The average Bonchev–Trinajstić information content (AvgIpc) is 3.18. The molecule has 1 aliphatic rings. The molecule has 0 saturated heterocycles. The summed E-state index contributed by atoms with van der Waals surface area (Å²) in [6.45, 7) is 2.38. The Hall–Kier alpha value is -3.87. The molecule has 174 valence electrons. The largest absolute Gasteiger partial charge is 0.489 e. The number of hydrogen-bond acceptors (Lipinski definition) is 5. The maximum Gasteiger partial charge on any atom is 0.224 e. The normalized spacial score (nSPS) is 13.6. The second-order valence-electron chi connectivity index (χ2n) is 8.79. The maximum atomic E-state index is 11.9. The first-order valence-corrected chi connectivity index (χ1v) is 11.9. The number of imidazole rings is 1. The van der Waals surface area contributed by atoms with E-state index in [2.05, 4.69) is 14.7 Å². The number of nitrogens with zero attached hydrogens (tertiary/aromatic N) is 3. The van der Waals surface area contributed by atoms with Gasteiger partial charge < -0.3 is 15.8 Å². The van der Waals surface area contributed by atoms with Crippen LogP contribution >= 0.6 is 0 Å². The highest BCUT2D eigenvalue weighted by Crippen LogP contribution is 2.39. The first kappa shape index (κ1) is 21.9. The summed E-state index contributed by atoms with van der Waals surface area (Å²) >= 11 is 0. The molecule has 1 saturated carbocycles. The second-order valence-corrected chi connectivity index (χ2v) is 8.79. The van der Waals surface area contributed by atoms with Crippen LogP contribution in [0.4, 0.5) is 11.5 Å². The van der Waals surface area contributed by atoms with Crippen LogP contribution in [0.15, 0.2) is 60.9 Å². The fourth-order valence-electron chi connectivity index (χ4n) is 4.33. The van der Waals surface area contributed by atoms with E-state index in [-0.39, 0.29) is 5.91 Å². The van der Waals surface area contributed by atoms with Crippen LogP contribution in [0, 0.1) is 0 Å². The van der Waals surface area contributed by atoms with Crippen molar-refractivity contribution in [1.82, 2.24) is 14.4 Å². The summed E-state index contributed by atoms with van der Waals surface area (Å²) in [5.74, 6) is 2.76. The summed E-state index contributed by atoms with van der Waals surface area (Å²) in [4.78, 5) is 21.2. The minimum absolute atomic E-state index is 0.0237. The molecule has 4 aromatic rings. The van der Waals surface area contributed by atoms with Crippen LogP contribution in [-0.4, -0.2) is 20.3 Å². The highest BCUT2D eigenvalue weighted by Gasteiger charge is 2.26. The molecule has 1 amide bonds. The third-order valence-electron chi connectivity index (χ3n) is 6.28. The quantitative estimate of drug-likeness (QED) is 0.362. The van der Waals surface area contributed by atoms with Crippen molar-refractivity contribution in [2.45, 2.75) is 51.6 Å². The number of fused-ring (bicyclic) bond motifs is 1. The summed E-state index contributed by atoms with van der Waals surface area (Å²) in [5, 5.41) is 2.93. The van der Waals surface area contributed by atoms with Gasteiger partial charge in [-0.05, 0) is 49.1 Å².